The molecule has 2 aromatic heterocycles. The molecule has 3 N–H and O–H groups in total. The molecule has 0 unspecified atom stereocenters. The van der Waals surface area contributed by atoms with E-state index < -0.39 is 0 Å². The summed E-state index contributed by atoms with van der Waals surface area (Å²) in [5.74, 6) is -0.466. The van der Waals surface area contributed by atoms with Crippen molar-refractivity contribution >= 4 is 34.2 Å². The second-order valence-electron chi connectivity index (χ2n) is 5.86. The van der Waals surface area contributed by atoms with E-state index in [1.54, 1.807) is 67.1 Å². The fourth-order valence-electron chi connectivity index (χ4n) is 2.62. The van der Waals surface area contributed by atoms with Crippen LogP contribution in [0.1, 0.15) is 20.7 Å². The molecular formula is C20H15N5O2. The van der Waals surface area contributed by atoms with E-state index in [4.69, 9.17) is 0 Å². The van der Waals surface area contributed by atoms with E-state index in [0.717, 1.165) is 11.0 Å². The number of hydrogen-bond donors (Lipinski definition) is 3. The topological polar surface area (TPSA) is 99.8 Å². The van der Waals surface area contributed by atoms with Gasteiger partial charge in [-0.05, 0) is 54.6 Å². The Morgan fingerprint density at radius 3 is 2.22 bits per heavy atom. The quantitative estimate of drug-likeness (QED) is 0.521. The van der Waals surface area contributed by atoms with Gasteiger partial charge in [0.2, 0.25) is 0 Å². The third kappa shape index (κ3) is 3.67. The molecule has 0 radical (unpaired) electrons. The summed E-state index contributed by atoms with van der Waals surface area (Å²) in [6.45, 7) is 0. The highest BCUT2D eigenvalue weighted by atomic mass is 16.2. The van der Waals surface area contributed by atoms with Crippen LogP contribution in [-0.4, -0.2) is 26.8 Å². The highest BCUT2D eigenvalue weighted by molar-refractivity contribution is 6.06. The number of anilines is 2. The number of aromatic nitrogens is 3. The third-order valence-electron chi connectivity index (χ3n) is 4.01. The Balaban J connectivity index is 1.42. The average molecular weight is 357 g/mol. The van der Waals surface area contributed by atoms with Gasteiger partial charge in [-0.3, -0.25) is 14.6 Å². The minimum atomic E-state index is -0.243. The molecule has 0 atom stereocenters. The summed E-state index contributed by atoms with van der Waals surface area (Å²) >= 11 is 0. The highest BCUT2D eigenvalue weighted by Crippen LogP contribution is 2.17. The molecule has 27 heavy (non-hydrogen) atoms. The third-order valence-corrected chi connectivity index (χ3v) is 4.01. The number of H-pyrrole nitrogens is 1. The van der Waals surface area contributed by atoms with Crippen molar-refractivity contribution in [1.82, 2.24) is 15.0 Å². The van der Waals surface area contributed by atoms with Crippen LogP contribution in [0.25, 0.3) is 11.0 Å². The SMILES string of the molecule is O=C(Nc1ccc(NC(=O)c2ccc3nc[nH]c3c2)cc1)c1cccnc1. The van der Waals surface area contributed by atoms with E-state index in [1.807, 2.05) is 0 Å². The number of carbonyl (C=O) groups is 2. The van der Waals surface area contributed by atoms with E-state index in [2.05, 4.69) is 25.6 Å². The van der Waals surface area contributed by atoms with Crippen molar-refractivity contribution in [1.29, 1.82) is 0 Å². The fourth-order valence-corrected chi connectivity index (χ4v) is 2.62. The van der Waals surface area contributed by atoms with Crippen molar-refractivity contribution in [3.05, 3.63) is 84.4 Å². The Morgan fingerprint density at radius 1 is 0.852 bits per heavy atom. The van der Waals surface area contributed by atoms with Crippen LogP contribution in [-0.2, 0) is 0 Å². The van der Waals surface area contributed by atoms with Crippen molar-refractivity contribution in [2.75, 3.05) is 10.6 Å². The number of nitrogens with zero attached hydrogens (tertiary/aromatic N) is 2. The van der Waals surface area contributed by atoms with Crippen LogP contribution >= 0.6 is 0 Å². The first-order chi connectivity index (χ1) is 13.2. The standard InChI is InChI=1S/C20H15N5O2/c26-19(13-3-8-17-18(10-13)23-12-22-17)24-15-4-6-16(7-5-15)25-20(27)14-2-1-9-21-11-14/h1-12H,(H,22,23)(H,24,26)(H,25,27). The van der Waals surface area contributed by atoms with E-state index in [1.165, 1.54) is 6.20 Å². The van der Waals surface area contributed by atoms with Crippen LogP contribution in [0.2, 0.25) is 0 Å². The summed E-state index contributed by atoms with van der Waals surface area (Å²) in [6.07, 6.45) is 4.70. The monoisotopic (exact) mass is 357 g/mol. The zero-order chi connectivity index (χ0) is 18.6. The molecule has 0 spiro atoms. The van der Waals surface area contributed by atoms with Crippen LogP contribution in [0.15, 0.2) is 73.3 Å². The Hall–Kier alpha value is -4.00. The number of nitrogens with one attached hydrogen (secondary N) is 3. The maximum atomic E-state index is 12.4. The number of hydrogen-bond acceptors (Lipinski definition) is 4. The van der Waals surface area contributed by atoms with E-state index in [9.17, 15) is 9.59 Å². The van der Waals surface area contributed by atoms with Gasteiger partial charge < -0.3 is 15.6 Å². The molecule has 4 rings (SSSR count). The number of imidazole rings is 1. The first-order valence-electron chi connectivity index (χ1n) is 8.25. The molecule has 2 aromatic carbocycles. The number of amides is 2. The van der Waals surface area contributed by atoms with Crippen molar-refractivity contribution in [3.8, 4) is 0 Å². The Morgan fingerprint density at radius 2 is 1.56 bits per heavy atom. The summed E-state index contributed by atoms with van der Waals surface area (Å²) in [5.41, 5.74) is 3.87. The van der Waals surface area contributed by atoms with Gasteiger partial charge in [0.15, 0.2) is 0 Å². The second kappa shape index (κ2) is 7.09. The van der Waals surface area contributed by atoms with Gasteiger partial charge in [-0.2, -0.15) is 0 Å². The summed E-state index contributed by atoms with van der Waals surface area (Å²) in [5, 5.41) is 5.62. The predicted molar refractivity (Wildman–Crippen MR) is 103 cm³/mol. The number of benzene rings is 2. The number of carbonyl (C=O) groups excluding carboxylic acids is 2. The lowest BCUT2D eigenvalue weighted by Crippen LogP contribution is -2.13. The Bertz CT molecular complexity index is 1100. The number of fused-ring (bicyclic) bond motifs is 1. The van der Waals surface area contributed by atoms with Gasteiger partial charge >= 0.3 is 0 Å². The molecular weight excluding hydrogens is 342 g/mol. The summed E-state index contributed by atoms with van der Waals surface area (Å²) in [7, 11) is 0. The molecule has 0 saturated carbocycles. The first-order valence-corrected chi connectivity index (χ1v) is 8.25. The molecule has 2 heterocycles. The van der Waals surface area contributed by atoms with Crippen molar-refractivity contribution in [3.63, 3.8) is 0 Å². The minimum absolute atomic E-state index is 0.223. The van der Waals surface area contributed by atoms with Gasteiger partial charge in [-0.25, -0.2) is 4.98 Å². The van der Waals surface area contributed by atoms with Gasteiger partial charge in [-0.15, -0.1) is 0 Å². The molecule has 7 heteroatoms. The van der Waals surface area contributed by atoms with Gasteiger partial charge in [0.05, 0.1) is 22.9 Å². The lowest BCUT2D eigenvalue weighted by Gasteiger charge is -2.08. The lowest BCUT2D eigenvalue weighted by molar-refractivity contribution is 0.101. The largest absolute Gasteiger partial charge is 0.345 e. The van der Waals surface area contributed by atoms with Crippen LogP contribution in [0.5, 0.6) is 0 Å². The van der Waals surface area contributed by atoms with Gasteiger partial charge in [0, 0.05) is 29.3 Å². The van der Waals surface area contributed by atoms with Crippen molar-refractivity contribution < 1.29 is 9.59 Å². The summed E-state index contributed by atoms with van der Waals surface area (Å²) in [4.78, 5) is 35.6. The normalized spacial score (nSPS) is 10.5. The molecule has 7 nitrogen and oxygen atoms in total. The summed E-state index contributed by atoms with van der Waals surface area (Å²) in [6, 6.07) is 15.6. The van der Waals surface area contributed by atoms with Gasteiger partial charge in [0.25, 0.3) is 11.8 Å². The molecule has 0 aliphatic heterocycles. The number of aromatic amines is 1. The predicted octanol–water partition coefficient (Wildman–Crippen LogP) is 3.46. The zero-order valence-electron chi connectivity index (χ0n) is 14.1. The Kier molecular flexibility index (Phi) is 4.32. The molecule has 2 amide bonds. The molecule has 0 saturated heterocycles. The van der Waals surface area contributed by atoms with Crippen LogP contribution < -0.4 is 10.6 Å². The smallest absolute Gasteiger partial charge is 0.257 e. The molecule has 0 bridgehead atoms. The highest BCUT2D eigenvalue weighted by Gasteiger charge is 2.09. The van der Waals surface area contributed by atoms with E-state index >= 15 is 0 Å². The molecule has 0 aliphatic rings. The van der Waals surface area contributed by atoms with Crippen molar-refractivity contribution in [2.24, 2.45) is 0 Å². The molecule has 0 fully saturated rings. The van der Waals surface area contributed by atoms with E-state index in [0.29, 0.717) is 22.5 Å². The molecule has 132 valence electrons. The maximum absolute atomic E-state index is 12.4. The summed E-state index contributed by atoms with van der Waals surface area (Å²) < 4.78 is 0. The average Bonchev–Trinajstić information content (AvgIpc) is 3.18. The lowest BCUT2D eigenvalue weighted by atomic mass is 10.2. The second-order valence-corrected chi connectivity index (χ2v) is 5.86. The van der Waals surface area contributed by atoms with Crippen LogP contribution in [0, 0.1) is 0 Å². The molecule has 4 aromatic rings. The van der Waals surface area contributed by atoms with Crippen LogP contribution in [0.3, 0.4) is 0 Å². The number of rotatable bonds is 4. The van der Waals surface area contributed by atoms with Crippen molar-refractivity contribution in [2.45, 2.75) is 0 Å². The van der Waals surface area contributed by atoms with Gasteiger partial charge in [0.1, 0.15) is 0 Å². The molecule has 0 aliphatic carbocycles. The number of pyridine rings is 1. The minimum Gasteiger partial charge on any atom is -0.345 e. The first kappa shape index (κ1) is 16.5. The zero-order valence-corrected chi connectivity index (χ0v) is 14.1. The Labute approximate surface area is 154 Å². The van der Waals surface area contributed by atoms with E-state index in [-0.39, 0.29) is 11.8 Å². The maximum Gasteiger partial charge on any atom is 0.257 e. The van der Waals surface area contributed by atoms with Crippen LogP contribution in [0.4, 0.5) is 11.4 Å². The van der Waals surface area contributed by atoms with Gasteiger partial charge in [-0.1, -0.05) is 0 Å². The fraction of sp³-hybridized carbons (Fsp3) is 0.